The van der Waals surface area contributed by atoms with E-state index in [0.29, 0.717) is 24.4 Å². The number of hydrogen-bond acceptors (Lipinski definition) is 4. The topological polar surface area (TPSA) is 63.7 Å². The van der Waals surface area contributed by atoms with Crippen molar-refractivity contribution in [3.05, 3.63) is 29.3 Å². The molecule has 0 radical (unpaired) electrons. The fraction of sp³-hybridized carbons (Fsp3) is 0.417. The zero-order valence-corrected chi connectivity index (χ0v) is 11.9. The van der Waals surface area contributed by atoms with Gasteiger partial charge in [0.2, 0.25) is 10.0 Å². The van der Waals surface area contributed by atoms with Gasteiger partial charge in [-0.05, 0) is 37.1 Å². The third-order valence-electron chi connectivity index (χ3n) is 3.10. The van der Waals surface area contributed by atoms with Crippen molar-refractivity contribution in [2.75, 3.05) is 13.7 Å². The van der Waals surface area contributed by atoms with Gasteiger partial charge in [0.05, 0.1) is 12.0 Å². The molecule has 19 heavy (non-hydrogen) atoms. The number of sulfonamides is 1. The zero-order valence-electron chi connectivity index (χ0n) is 10.4. The van der Waals surface area contributed by atoms with E-state index in [-0.39, 0.29) is 4.90 Å². The summed E-state index contributed by atoms with van der Waals surface area (Å²) in [5.41, 5.74) is 0. The first-order valence-electron chi connectivity index (χ1n) is 5.82. The number of nitrogens with zero attached hydrogens (tertiary/aromatic N) is 1. The molecule has 7 heteroatoms. The van der Waals surface area contributed by atoms with Crippen LogP contribution in [0.3, 0.4) is 0 Å². The number of hydrogen-bond donors (Lipinski definition) is 0. The van der Waals surface area contributed by atoms with Gasteiger partial charge in [-0.3, -0.25) is 4.79 Å². The highest BCUT2D eigenvalue weighted by Gasteiger charge is 2.39. The minimum atomic E-state index is -3.69. The van der Waals surface area contributed by atoms with Gasteiger partial charge in [-0.15, -0.1) is 0 Å². The highest BCUT2D eigenvalue weighted by atomic mass is 35.5. The lowest BCUT2D eigenvalue weighted by molar-refractivity contribution is -0.144. The Morgan fingerprint density at radius 2 is 2.00 bits per heavy atom. The SMILES string of the molecule is COC(=O)[C@H]1CCCN1S(=O)(=O)c1ccc(Cl)cc1. The molecule has 1 aliphatic rings. The fourth-order valence-corrected chi connectivity index (χ4v) is 3.91. The highest BCUT2D eigenvalue weighted by Crippen LogP contribution is 2.27. The number of ether oxygens (including phenoxy) is 1. The lowest BCUT2D eigenvalue weighted by Crippen LogP contribution is -2.40. The number of esters is 1. The Morgan fingerprint density at radius 3 is 2.58 bits per heavy atom. The van der Waals surface area contributed by atoms with Gasteiger partial charge in [0.15, 0.2) is 0 Å². The van der Waals surface area contributed by atoms with Gasteiger partial charge in [0.25, 0.3) is 0 Å². The van der Waals surface area contributed by atoms with E-state index in [1.54, 1.807) is 0 Å². The van der Waals surface area contributed by atoms with Crippen molar-refractivity contribution in [1.82, 2.24) is 4.31 Å². The molecule has 0 aromatic heterocycles. The molecule has 1 fully saturated rings. The molecule has 0 aliphatic carbocycles. The first-order valence-corrected chi connectivity index (χ1v) is 7.64. The van der Waals surface area contributed by atoms with Crippen molar-refractivity contribution < 1.29 is 17.9 Å². The molecule has 2 rings (SSSR count). The summed E-state index contributed by atoms with van der Waals surface area (Å²) in [6.07, 6.45) is 1.13. The lowest BCUT2D eigenvalue weighted by Gasteiger charge is -2.22. The second-order valence-corrected chi connectivity index (χ2v) is 6.58. The summed E-state index contributed by atoms with van der Waals surface area (Å²) in [4.78, 5) is 11.7. The predicted molar refractivity (Wildman–Crippen MR) is 70.4 cm³/mol. The van der Waals surface area contributed by atoms with Gasteiger partial charge in [-0.2, -0.15) is 4.31 Å². The van der Waals surface area contributed by atoms with E-state index in [0.717, 1.165) is 0 Å². The van der Waals surface area contributed by atoms with Crippen molar-refractivity contribution in [2.24, 2.45) is 0 Å². The predicted octanol–water partition coefficient (Wildman–Crippen LogP) is 1.67. The Bertz CT molecular complexity index is 570. The Balaban J connectivity index is 2.33. The van der Waals surface area contributed by atoms with Crippen molar-refractivity contribution in [3.63, 3.8) is 0 Å². The second-order valence-electron chi connectivity index (χ2n) is 4.25. The van der Waals surface area contributed by atoms with Crippen LogP contribution in [-0.2, 0) is 19.6 Å². The first kappa shape index (κ1) is 14.3. The van der Waals surface area contributed by atoms with E-state index >= 15 is 0 Å². The summed E-state index contributed by atoms with van der Waals surface area (Å²) in [6, 6.07) is 5.16. The number of halogens is 1. The maximum Gasteiger partial charge on any atom is 0.324 e. The number of methoxy groups -OCH3 is 1. The van der Waals surface area contributed by atoms with Crippen LogP contribution in [0.1, 0.15) is 12.8 Å². The maximum atomic E-state index is 12.5. The van der Waals surface area contributed by atoms with Crippen molar-refractivity contribution >= 4 is 27.6 Å². The third-order valence-corrected chi connectivity index (χ3v) is 5.27. The van der Waals surface area contributed by atoms with Crippen LogP contribution in [0.15, 0.2) is 29.2 Å². The number of carbonyl (C=O) groups excluding carboxylic acids is 1. The smallest absolute Gasteiger partial charge is 0.324 e. The molecular weight excluding hydrogens is 290 g/mol. The largest absolute Gasteiger partial charge is 0.468 e. The molecule has 0 spiro atoms. The standard InChI is InChI=1S/C12H14ClNO4S/c1-18-12(15)11-3-2-8-14(11)19(16,17)10-6-4-9(13)5-7-10/h4-7,11H,2-3,8H2,1H3/t11-/m1/s1. The number of rotatable bonds is 3. The van der Waals surface area contributed by atoms with Crippen molar-refractivity contribution in [3.8, 4) is 0 Å². The van der Waals surface area contributed by atoms with Gasteiger partial charge < -0.3 is 4.74 Å². The van der Waals surface area contributed by atoms with Gasteiger partial charge in [-0.25, -0.2) is 8.42 Å². The number of benzene rings is 1. The molecule has 1 saturated heterocycles. The average molecular weight is 304 g/mol. The summed E-state index contributed by atoms with van der Waals surface area (Å²) >= 11 is 5.74. The Morgan fingerprint density at radius 1 is 1.37 bits per heavy atom. The molecule has 1 heterocycles. The normalized spacial score (nSPS) is 20.4. The lowest BCUT2D eigenvalue weighted by atomic mass is 10.2. The summed E-state index contributed by atoms with van der Waals surface area (Å²) in [5, 5.41) is 0.463. The van der Waals surface area contributed by atoms with Crippen molar-refractivity contribution in [1.29, 1.82) is 0 Å². The van der Waals surface area contributed by atoms with E-state index in [4.69, 9.17) is 11.6 Å². The molecule has 1 aromatic carbocycles. The first-order chi connectivity index (χ1) is 8.96. The van der Waals surface area contributed by atoms with Crippen LogP contribution in [0.25, 0.3) is 0 Å². The van der Waals surface area contributed by atoms with Crippen LogP contribution in [0.2, 0.25) is 5.02 Å². The fourth-order valence-electron chi connectivity index (χ4n) is 2.14. The average Bonchev–Trinajstić information content (AvgIpc) is 2.88. The van der Waals surface area contributed by atoms with E-state index in [2.05, 4.69) is 4.74 Å². The molecule has 0 saturated carbocycles. The molecule has 1 aromatic rings. The van der Waals surface area contributed by atoms with E-state index in [9.17, 15) is 13.2 Å². The van der Waals surface area contributed by atoms with Gasteiger partial charge in [0.1, 0.15) is 6.04 Å². The van der Waals surface area contributed by atoms with Crippen LogP contribution in [0.4, 0.5) is 0 Å². The molecule has 0 bridgehead atoms. The van der Waals surface area contributed by atoms with Crippen LogP contribution < -0.4 is 0 Å². The monoisotopic (exact) mass is 303 g/mol. The summed E-state index contributed by atoms with van der Waals surface area (Å²) in [7, 11) is -2.43. The Labute approximate surface area is 117 Å². The Hall–Kier alpha value is -1.11. The molecule has 1 atom stereocenters. The van der Waals surface area contributed by atoms with Gasteiger partial charge in [-0.1, -0.05) is 11.6 Å². The second kappa shape index (κ2) is 5.48. The van der Waals surface area contributed by atoms with E-state index in [1.807, 2.05) is 0 Å². The summed E-state index contributed by atoms with van der Waals surface area (Å²) in [6.45, 7) is 0.324. The molecule has 0 amide bonds. The molecule has 0 N–H and O–H groups in total. The minimum absolute atomic E-state index is 0.132. The molecule has 1 aliphatic heterocycles. The zero-order chi connectivity index (χ0) is 14.0. The van der Waals surface area contributed by atoms with Gasteiger partial charge in [0, 0.05) is 11.6 Å². The third kappa shape index (κ3) is 2.75. The Kier molecular flexibility index (Phi) is 4.13. The maximum absolute atomic E-state index is 12.5. The molecular formula is C12H14ClNO4S. The van der Waals surface area contributed by atoms with Crippen LogP contribution in [0, 0.1) is 0 Å². The molecule has 104 valence electrons. The molecule has 0 unspecified atom stereocenters. The van der Waals surface area contributed by atoms with Crippen LogP contribution >= 0.6 is 11.6 Å². The van der Waals surface area contributed by atoms with Crippen LogP contribution in [0.5, 0.6) is 0 Å². The van der Waals surface area contributed by atoms with E-state index in [1.165, 1.54) is 35.7 Å². The summed E-state index contributed by atoms with van der Waals surface area (Å²) in [5.74, 6) is -0.518. The number of carbonyl (C=O) groups is 1. The quantitative estimate of drug-likeness (QED) is 0.797. The summed E-state index contributed by atoms with van der Waals surface area (Å²) < 4.78 is 30.7. The van der Waals surface area contributed by atoms with Crippen LogP contribution in [-0.4, -0.2) is 38.4 Å². The van der Waals surface area contributed by atoms with Crippen molar-refractivity contribution in [2.45, 2.75) is 23.8 Å². The van der Waals surface area contributed by atoms with Gasteiger partial charge >= 0.3 is 5.97 Å². The van der Waals surface area contributed by atoms with E-state index < -0.39 is 22.0 Å². The minimum Gasteiger partial charge on any atom is -0.468 e. The molecule has 5 nitrogen and oxygen atoms in total. The highest BCUT2D eigenvalue weighted by molar-refractivity contribution is 7.89.